The molecule has 28 heavy (non-hydrogen) atoms. The van der Waals surface area contributed by atoms with E-state index in [0.29, 0.717) is 12.6 Å². The molecule has 2 unspecified atom stereocenters. The van der Waals surface area contributed by atoms with Crippen LogP contribution < -0.4 is 16.0 Å². The number of carbonyl (C=O) groups excluding carboxylic acids is 1. The van der Waals surface area contributed by atoms with Crippen molar-refractivity contribution in [1.29, 1.82) is 0 Å². The van der Waals surface area contributed by atoms with Gasteiger partial charge in [-0.3, -0.25) is 9.79 Å². The van der Waals surface area contributed by atoms with Crippen LogP contribution >= 0.6 is 0 Å². The molecule has 2 aliphatic rings. The normalized spacial score (nSPS) is 22.6. The number of nitrogens with zero attached hydrogens (tertiary/aromatic N) is 1. The van der Waals surface area contributed by atoms with Crippen molar-refractivity contribution in [2.24, 2.45) is 10.9 Å². The van der Waals surface area contributed by atoms with E-state index in [1.165, 1.54) is 6.07 Å². The second kappa shape index (κ2) is 10.4. The first kappa shape index (κ1) is 20.6. The molecule has 1 aromatic carbocycles. The maximum absolute atomic E-state index is 13.3. The average molecular weight is 389 g/mol. The van der Waals surface area contributed by atoms with Crippen molar-refractivity contribution in [3.05, 3.63) is 35.6 Å². The van der Waals surface area contributed by atoms with Crippen LogP contribution in [0, 0.1) is 11.7 Å². The van der Waals surface area contributed by atoms with Crippen LogP contribution in [-0.4, -0.2) is 37.0 Å². The highest BCUT2D eigenvalue weighted by Crippen LogP contribution is 2.26. The van der Waals surface area contributed by atoms with Gasteiger partial charge in [-0.05, 0) is 69.6 Å². The lowest BCUT2D eigenvalue weighted by atomic mass is 9.85. The fourth-order valence-corrected chi connectivity index (χ4v) is 3.79. The first-order valence-corrected chi connectivity index (χ1v) is 10.7. The van der Waals surface area contributed by atoms with Crippen molar-refractivity contribution in [2.75, 3.05) is 13.1 Å². The molecule has 2 saturated carbocycles. The van der Waals surface area contributed by atoms with Gasteiger partial charge < -0.3 is 16.0 Å². The van der Waals surface area contributed by atoms with E-state index in [0.717, 1.165) is 69.4 Å². The largest absolute Gasteiger partial charge is 0.357 e. The standard InChI is InChI=1S/C22H33FN4O/c1-2-24-22(25-13-5-7-16-6-3-9-18(23)14-16)27-20-10-4-8-17(15-20)21(28)26-19-11-12-19/h3,6,9,14,17,19-20H,2,4-5,7-8,10-13,15H2,1H3,(H,26,28)(H2,24,25,27). The summed E-state index contributed by atoms with van der Waals surface area (Å²) in [6, 6.07) is 7.46. The Bertz CT molecular complexity index is 674. The van der Waals surface area contributed by atoms with Crippen LogP contribution in [0.2, 0.25) is 0 Å². The molecule has 1 aromatic rings. The molecule has 0 heterocycles. The van der Waals surface area contributed by atoms with E-state index in [4.69, 9.17) is 0 Å². The molecule has 154 valence electrons. The van der Waals surface area contributed by atoms with Crippen LogP contribution in [0.4, 0.5) is 4.39 Å². The highest BCUT2D eigenvalue weighted by molar-refractivity contribution is 5.81. The molecule has 0 radical (unpaired) electrons. The van der Waals surface area contributed by atoms with Gasteiger partial charge in [-0.25, -0.2) is 4.39 Å². The average Bonchev–Trinajstić information content (AvgIpc) is 3.49. The number of halogens is 1. The maximum atomic E-state index is 13.3. The Morgan fingerprint density at radius 3 is 2.79 bits per heavy atom. The van der Waals surface area contributed by atoms with Gasteiger partial charge in [-0.1, -0.05) is 18.6 Å². The summed E-state index contributed by atoms with van der Waals surface area (Å²) in [4.78, 5) is 17.0. The Labute approximate surface area is 167 Å². The van der Waals surface area contributed by atoms with Crippen LogP contribution in [0.25, 0.3) is 0 Å². The maximum Gasteiger partial charge on any atom is 0.223 e. The molecule has 2 aliphatic carbocycles. The van der Waals surface area contributed by atoms with Gasteiger partial charge in [0.2, 0.25) is 5.91 Å². The molecule has 2 atom stereocenters. The molecule has 5 nitrogen and oxygen atoms in total. The van der Waals surface area contributed by atoms with Crippen LogP contribution in [-0.2, 0) is 11.2 Å². The predicted molar refractivity (Wildman–Crippen MR) is 111 cm³/mol. The number of amides is 1. The van der Waals surface area contributed by atoms with Gasteiger partial charge >= 0.3 is 0 Å². The molecule has 6 heteroatoms. The monoisotopic (exact) mass is 388 g/mol. The number of rotatable bonds is 8. The molecule has 3 rings (SSSR count). The van der Waals surface area contributed by atoms with Crippen molar-refractivity contribution in [3.63, 3.8) is 0 Å². The number of carbonyl (C=O) groups is 1. The molecule has 2 fully saturated rings. The molecule has 3 N–H and O–H groups in total. The lowest BCUT2D eigenvalue weighted by Gasteiger charge is -2.30. The summed E-state index contributed by atoms with van der Waals surface area (Å²) in [5, 5.41) is 9.96. The summed E-state index contributed by atoms with van der Waals surface area (Å²) in [6.07, 6.45) is 7.94. The highest BCUT2D eigenvalue weighted by atomic mass is 19.1. The third-order valence-corrected chi connectivity index (χ3v) is 5.44. The van der Waals surface area contributed by atoms with Gasteiger partial charge in [0.05, 0.1) is 0 Å². The van der Waals surface area contributed by atoms with Crippen LogP contribution in [0.1, 0.15) is 57.4 Å². The molecule has 0 aliphatic heterocycles. The fourth-order valence-electron chi connectivity index (χ4n) is 3.79. The second-order valence-corrected chi connectivity index (χ2v) is 7.98. The minimum Gasteiger partial charge on any atom is -0.357 e. The van der Waals surface area contributed by atoms with Crippen LogP contribution in [0.5, 0.6) is 0 Å². The number of benzene rings is 1. The summed E-state index contributed by atoms with van der Waals surface area (Å²) < 4.78 is 13.3. The fraction of sp³-hybridized carbons (Fsp3) is 0.636. The van der Waals surface area contributed by atoms with Crippen molar-refractivity contribution in [2.45, 2.75) is 70.4 Å². The van der Waals surface area contributed by atoms with Gasteiger partial charge in [0, 0.05) is 31.1 Å². The topological polar surface area (TPSA) is 65.5 Å². The molecule has 0 saturated heterocycles. The molecule has 0 bridgehead atoms. The number of hydrogen-bond donors (Lipinski definition) is 3. The smallest absolute Gasteiger partial charge is 0.223 e. The summed E-state index contributed by atoms with van der Waals surface area (Å²) in [7, 11) is 0. The summed E-state index contributed by atoms with van der Waals surface area (Å²) in [6.45, 7) is 3.54. The molecule has 1 amide bonds. The Morgan fingerprint density at radius 1 is 1.18 bits per heavy atom. The Hall–Kier alpha value is -2.11. The van der Waals surface area contributed by atoms with E-state index in [-0.39, 0.29) is 23.7 Å². The lowest BCUT2D eigenvalue weighted by Crippen LogP contribution is -2.47. The first-order valence-electron chi connectivity index (χ1n) is 10.7. The van der Waals surface area contributed by atoms with Crippen LogP contribution in [0.3, 0.4) is 0 Å². The van der Waals surface area contributed by atoms with Gasteiger partial charge in [0.1, 0.15) is 5.82 Å². The zero-order valence-electron chi connectivity index (χ0n) is 16.8. The quantitative estimate of drug-likeness (QED) is 0.364. The molecular formula is C22H33FN4O. The third-order valence-electron chi connectivity index (χ3n) is 5.44. The van der Waals surface area contributed by atoms with Crippen molar-refractivity contribution in [1.82, 2.24) is 16.0 Å². The van der Waals surface area contributed by atoms with E-state index < -0.39 is 0 Å². The van der Waals surface area contributed by atoms with Crippen LogP contribution in [0.15, 0.2) is 29.3 Å². The minimum atomic E-state index is -0.186. The summed E-state index contributed by atoms with van der Waals surface area (Å²) >= 11 is 0. The predicted octanol–water partition coefficient (Wildman–Crippen LogP) is 3.15. The van der Waals surface area contributed by atoms with E-state index >= 15 is 0 Å². The third kappa shape index (κ3) is 6.80. The highest BCUT2D eigenvalue weighted by Gasteiger charge is 2.31. The van der Waals surface area contributed by atoms with Gasteiger partial charge in [0.15, 0.2) is 5.96 Å². The van der Waals surface area contributed by atoms with Gasteiger partial charge in [-0.15, -0.1) is 0 Å². The minimum absolute atomic E-state index is 0.114. The second-order valence-electron chi connectivity index (χ2n) is 7.98. The number of aliphatic imine (C=N–C) groups is 1. The van der Waals surface area contributed by atoms with Gasteiger partial charge in [-0.2, -0.15) is 0 Å². The van der Waals surface area contributed by atoms with E-state index in [2.05, 4.69) is 27.9 Å². The number of guanidine groups is 1. The van der Waals surface area contributed by atoms with E-state index in [1.54, 1.807) is 12.1 Å². The van der Waals surface area contributed by atoms with Crippen molar-refractivity contribution in [3.8, 4) is 0 Å². The number of hydrogen-bond acceptors (Lipinski definition) is 2. The Morgan fingerprint density at radius 2 is 2.04 bits per heavy atom. The SMILES string of the molecule is CCNC(=NCCCc1cccc(F)c1)NC1CCCC(C(=O)NC2CC2)C1. The Kier molecular flexibility index (Phi) is 7.69. The van der Waals surface area contributed by atoms with E-state index in [9.17, 15) is 9.18 Å². The zero-order chi connectivity index (χ0) is 19.8. The first-order chi connectivity index (χ1) is 13.6. The van der Waals surface area contributed by atoms with Gasteiger partial charge in [0.25, 0.3) is 0 Å². The molecular weight excluding hydrogens is 355 g/mol. The number of nitrogens with one attached hydrogen (secondary N) is 3. The lowest BCUT2D eigenvalue weighted by molar-refractivity contribution is -0.126. The molecule has 0 spiro atoms. The van der Waals surface area contributed by atoms with Crippen molar-refractivity contribution < 1.29 is 9.18 Å². The summed E-state index contributed by atoms with van der Waals surface area (Å²) in [5.74, 6) is 0.970. The number of aryl methyl sites for hydroxylation is 1. The summed E-state index contributed by atoms with van der Waals surface area (Å²) in [5.41, 5.74) is 1.00. The van der Waals surface area contributed by atoms with E-state index in [1.807, 2.05) is 6.07 Å². The zero-order valence-corrected chi connectivity index (χ0v) is 16.8. The van der Waals surface area contributed by atoms with Crippen molar-refractivity contribution >= 4 is 11.9 Å². The molecule has 0 aromatic heterocycles. The Balaban J connectivity index is 1.45.